The van der Waals surface area contributed by atoms with E-state index in [4.69, 9.17) is 11.0 Å². The van der Waals surface area contributed by atoms with Gasteiger partial charge in [0.25, 0.3) is 0 Å². The van der Waals surface area contributed by atoms with Gasteiger partial charge in [0.1, 0.15) is 0 Å². The van der Waals surface area contributed by atoms with Gasteiger partial charge in [-0.1, -0.05) is 0 Å². The first-order valence-corrected chi connectivity index (χ1v) is 35.8. The maximum absolute atomic E-state index is 7.77. The second-order valence-electron chi connectivity index (χ2n) is 14.1. The van der Waals surface area contributed by atoms with Crippen LogP contribution in [-0.2, 0) is 11.0 Å². The summed E-state index contributed by atoms with van der Waals surface area (Å²) in [7, 11) is -0.332. The van der Waals surface area contributed by atoms with Crippen LogP contribution in [0.2, 0.25) is 47.3 Å². The molecule has 0 heterocycles. The minimum absolute atomic E-state index is 0.332. The van der Waals surface area contributed by atoms with Gasteiger partial charge in [-0.3, -0.25) is 0 Å². The molecule has 0 unspecified atom stereocenters. The van der Waals surface area contributed by atoms with Crippen LogP contribution >= 0.6 is 0 Å². The first-order valence-electron chi connectivity index (χ1n) is 19.9. The van der Waals surface area contributed by atoms with E-state index in [9.17, 15) is 0 Å². The van der Waals surface area contributed by atoms with Crippen LogP contribution in [-0.4, -0.2) is 48.1 Å². The van der Waals surface area contributed by atoms with Gasteiger partial charge < -0.3 is 0 Å². The van der Waals surface area contributed by atoms with Crippen molar-refractivity contribution in [2.24, 2.45) is 0 Å². The normalized spacial score (nSPS) is 12.8. The summed E-state index contributed by atoms with van der Waals surface area (Å²) >= 11 is -7.99. The van der Waals surface area contributed by atoms with Gasteiger partial charge >= 0.3 is 284 Å². The molecule has 43 heavy (non-hydrogen) atoms. The fourth-order valence-corrected chi connectivity index (χ4v) is 37.1. The van der Waals surface area contributed by atoms with Crippen LogP contribution in [0.25, 0.3) is 0 Å². The Labute approximate surface area is 282 Å². The second-order valence-corrected chi connectivity index (χ2v) is 39.9. The summed E-state index contributed by atoms with van der Waals surface area (Å²) in [6.07, 6.45) is 23.4. The van der Waals surface area contributed by atoms with Crippen molar-refractivity contribution in [3.05, 3.63) is 0 Å². The summed E-state index contributed by atoms with van der Waals surface area (Å²) in [5.74, 6) is 0. The molecule has 0 aromatic heterocycles. The van der Waals surface area contributed by atoms with E-state index in [0.29, 0.717) is 0 Å². The molecule has 0 aliphatic rings. The topological polar surface area (TPSA) is 27.7 Å². The molecular weight excluding hydrogens is 709 g/mol. The van der Waals surface area contributed by atoms with Gasteiger partial charge in [-0.05, 0) is 0 Å². The van der Waals surface area contributed by atoms with Crippen LogP contribution in [0.3, 0.4) is 0 Å². The van der Waals surface area contributed by atoms with Crippen LogP contribution in [0, 0.1) is 0 Å². The molecule has 0 aromatic carbocycles. The summed E-state index contributed by atoms with van der Waals surface area (Å²) in [5.41, 5.74) is 0. The van der Waals surface area contributed by atoms with Crippen LogP contribution in [0.4, 0.5) is 0 Å². The Morgan fingerprint density at radius 2 is 0.419 bits per heavy atom. The van der Waals surface area contributed by atoms with Gasteiger partial charge in [0, 0.05) is 0 Å². The summed E-state index contributed by atoms with van der Waals surface area (Å²) in [4.78, 5) is 0. The van der Waals surface area contributed by atoms with E-state index < -0.39 is 40.8 Å². The third kappa shape index (κ3) is 19.9. The average Bonchev–Trinajstić information content (AvgIpc) is 3.02. The Kier molecular flexibility index (Phi) is 29.6. The molecule has 0 spiro atoms. The zero-order chi connectivity index (χ0) is 32.3. The van der Waals surface area contributed by atoms with E-state index in [0.717, 1.165) is 0 Å². The van der Waals surface area contributed by atoms with Crippen molar-refractivity contribution in [3.8, 4) is 0 Å². The van der Waals surface area contributed by atoms with Gasteiger partial charge in [-0.2, -0.15) is 0 Å². The zero-order valence-electron chi connectivity index (χ0n) is 31.4. The zero-order valence-corrected chi connectivity index (χ0v) is 37.7. The standard InChI is InChI=1S/C36H81BGe3O3/c1-10-19-28-38(29-20-11-2,30-21-12-3)41-37(42-39(31-22-13-4,32-23-14-5)33-24-15-6)43-40(34-25-16-7,35-26-17-8)36-27-18-9/h10-36H2,1-9H3. The Bertz CT molecular complexity index is 464. The first kappa shape index (κ1) is 44.6. The van der Waals surface area contributed by atoms with Gasteiger partial charge in [0.15, 0.2) is 0 Å². The molecule has 0 aromatic rings. The molecule has 0 N–H and O–H groups in total. The van der Waals surface area contributed by atoms with E-state index >= 15 is 0 Å². The Morgan fingerprint density at radius 3 is 0.535 bits per heavy atom. The van der Waals surface area contributed by atoms with Crippen molar-refractivity contribution in [1.29, 1.82) is 0 Å². The fourth-order valence-electron chi connectivity index (χ4n) is 6.83. The van der Waals surface area contributed by atoms with E-state index in [1.165, 1.54) is 163 Å². The molecule has 0 radical (unpaired) electrons. The quantitative estimate of drug-likeness (QED) is 0.0620. The van der Waals surface area contributed by atoms with Crippen molar-refractivity contribution in [2.75, 3.05) is 0 Å². The van der Waals surface area contributed by atoms with Gasteiger partial charge in [-0.25, -0.2) is 0 Å². The summed E-state index contributed by atoms with van der Waals surface area (Å²) in [5, 5.41) is 12.1. The Hall–Kier alpha value is 1.57. The molecule has 258 valence electrons. The Balaban J connectivity index is 6.97. The maximum atomic E-state index is 7.77. The minimum atomic E-state index is -2.66. The summed E-state index contributed by atoms with van der Waals surface area (Å²) in [6, 6.07) is 0. The van der Waals surface area contributed by atoms with Crippen LogP contribution in [0.15, 0.2) is 0 Å². The van der Waals surface area contributed by atoms with Crippen molar-refractivity contribution in [2.45, 2.75) is 225 Å². The third-order valence-electron chi connectivity index (χ3n) is 9.91. The van der Waals surface area contributed by atoms with Gasteiger partial charge in [-0.15, -0.1) is 0 Å². The molecular formula is C36H81BGe3O3. The van der Waals surface area contributed by atoms with Crippen molar-refractivity contribution in [1.82, 2.24) is 0 Å². The SMILES string of the molecule is CCC[CH2][Ge]([CH2]CCC)([CH2]CCC)[O]B([O][Ge]([CH2]CCC)([CH2]CCC)[CH2]CCC)[O][Ge]([CH2]CCC)([CH2]CCC)[CH2]CCC. The number of hydrogen-bond donors (Lipinski definition) is 0. The molecule has 0 aliphatic carbocycles. The average molecular weight is 791 g/mol. The van der Waals surface area contributed by atoms with Crippen LogP contribution < -0.4 is 0 Å². The summed E-state index contributed by atoms with van der Waals surface area (Å²) in [6.45, 7) is 21.4. The monoisotopic (exact) mass is 794 g/mol. The van der Waals surface area contributed by atoms with E-state index in [-0.39, 0.29) is 7.32 Å². The second kappa shape index (κ2) is 28.6. The molecule has 0 fully saturated rings. The predicted octanol–water partition coefficient (Wildman–Crippen LogP) is 14.1. The number of hydrogen-bond acceptors (Lipinski definition) is 3. The van der Waals surface area contributed by atoms with Gasteiger partial charge in [0.05, 0.1) is 0 Å². The number of unbranched alkanes of at least 4 members (excludes halogenated alkanes) is 9. The molecule has 0 saturated carbocycles. The molecule has 0 bridgehead atoms. The summed E-state index contributed by atoms with van der Waals surface area (Å²) < 4.78 is 23.3. The first-order chi connectivity index (χ1) is 20.8. The third-order valence-corrected chi connectivity index (χ3v) is 38.2. The van der Waals surface area contributed by atoms with E-state index in [1.807, 2.05) is 0 Å². The van der Waals surface area contributed by atoms with E-state index in [2.05, 4.69) is 62.3 Å². The molecule has 0 aliphatic heterocycles. The fraction of sp³-hybridized carbons (Fsp3) is 1.00. The number of rotatable bonds is 33. The predicted molar refractivity (Wildman–Crippen MR) is 204 cm³/mol. The molecule has 7 heteroatoms. The van der Waals surface area contributed by atoms with Crippen LogP contribution in [0.5, 0.6) is 0 Å². The molecule has 3 nitrogen and oxygen atoms in total. The van der Waals surface area contributed by atoms with Crippen LogP contribution in [0.1, 0.15) is 178 Å². The molecule has 0 atom stereocenters. The molecule has 0 saturated heterocycles. The molecule has 0 rings (SSSR count). The van der Waals surface area contributed by atoms with Crippen molar-refractivity contribution < 1.29 is 11.0 Å². The van der Waals surface area contributed by atoms with Crippen molar-refractivity contribution >= 4 is 48.1 Å². The van der Waals surface area contributed by atoms with E-state index in [1.54, 1.807) is 0 Å². The van der Waals surface area contributed by atoms with Gasteiger partial charge in [0.2, 0.25) is 0 Å². The van der Waals surface area contributed by atoms with Crippen molar-refractivity contribution in [3.63, 3.8) is 0 Å². The Morgan fingerprint density at radius 1 is 0.279 bits per heavy atom. The molecule has 0 amide bonds.